The second kappa shape index (κ2) is 2.34. The fourth-order valence-electron chi connectivity index (χ4n) is 0.547. The number of hydrogen-bond donors (Lipinski definition) is 0. The number of carbonyl (C=O) groups excluding carboxylic acids is 1. The van der Waals surface area contributed by atoms with Gasteiger partial charge in [0.25, 0.3) is 0 Å². The maximum Gasteiger partial charge on any atom is 0.364 e. The Balaban J connectivity index is 2.62. The van der Waals surface area contributed by atoms with Crippen LogP contribution in [0.4, 0.5) is 4.79 Å². The Labute approximate surface area is 57.3 Å². The molecule has 2 amide bonds. The van der Waals surface area contributed by atoms with E-state index in [4.69, 9.17) is 0 Å². The first kappa shape index (κ1) is 6.54. The summed E-state index contributed by atoms with van der Waals surface area (Å²) < 4.78 is 0. The Morgan fingerprint density at radius 3 is 2.67 bits per heavy atom. The molecule has 0 radical (unpaired) electrons. The van der Waals surface area contributed by atoms with Gasteiger partial charge in [-0.05, 0) is 6.26 Å². The van der Waals surface area contributed by atoms with E-state index in [1.807, 2.05) is 6.26 Å². The standard InChI is InChI=1S/C4H7N3OS/c1-7-3(8)5-6-4(7)9-2/h4H,1-2H3. The van der Waals surface area contributed by atoms with Crippen molar-refractivity contribution in [2.24, 2.45) is 10.2 Å². The van der Waals surface area contributed by atoms with Crippen LogP contribution in [0, 0.1) is 0 Å². The minimum absolute atomic E-state index is 0.0995. The van der Waals surface area contributed by atoms with Gasteiger partial charge in [0.05, 0.1) is 0 Å². The topological polar surface area (TPSA) is 45.0 Å². The number of urea groups is 1. The summed E-state index contributed by atoms with van der Waals surface area (Å²) in [6.45, 7) is 0. The quantitative estimate of drug-likeness (QED) is 0.555. The van der Waals surface area contributed by atoms with Crippen molar-refractivity contribution in [1.82, 2.24) is 4.90 Å². The van der Waals surface area contributed by atoms with Crippen molar-refractivity contribution in [1.29, 1.82) is 0 Å². The predicted molar refractivity (Wildman–Crippen MR) is 35.3 cm³/mol. The molecule has 0 aromatic carbocycles. The van der Waals surface area contributed by atoms with Crippen LogP contribution in [0.25, 0.3) is 0 Å². The van der Waals surface area contributed by atoms with Crippen molar-refractivity contribution >= 4 is 17.8 Å². The van der Waals surface area contributed by atoms with E-state index >= 15 is 0 Å². The third-order valence-electron chi connectivity index (χ3n) is 1.09. The summed E-state index contributed by atoms with van der Waals surface area (Å²) >= 11 is 1.49. The molecule has 0 N–H and O–H groups in total. The Hall–Kier alpha value is -0.580. The first-order chi connectivity index (χ1) is 4.25. The van der Waals surface area contributed by atoms with Crippen molar-refractivity contribution in [2.75, 3.05) is 13.3 Å². The van der Waals surface area contributed by atoms with Crippen LogP contribution < -0.4 is 0 Å². The number of rotatable bonds is 1. The zero-order valence-corrected chi connectivity index (χ0v) is 6.05. The van der Waals surface area contributed by atoms with Gasteiger partial charge in [-0.3, -0.25) is 4.90 Å². The summed E-state index contributed by atoms with van der Waals surface area (Å²) in [5.41, 5.74) is -0.0995. The van der Waals surface area contributed by atoms with Gasteiger partial charge in [0, 0.05) is 7.05 Å². The molecule has 0 bridgehead atoms. The normalized spacial score (nSPS) is 25.8. The van der Waals surface area contributed by atoms with Gasteiger partial charge < -0.3 is 0 Å². The van der Waals surface area contributed by atoms with Crippen LogP contribution in [0.5, 0.6) is 0 Å². The first-order valence-electron chi connectivity index (χ1n) is 2.46. The average Bonchev–Trinajstić information content (AvgIpc) is 2.15. The Kier molecular flexibility index (Phi) is 1.70. The molecule has 1 heterocycles. The van der Waals surface area contributed by atoms with E-state index in [9.17, 15) is 4.79 Å². The Morgan fingerprint density at radius 2 is 2.44 bits per heavy atom. The monoisotopic (exact) mass is 145 g/mol. The first-order valence-corrected chi connectivity index (χ1v) is 3.75. The Morgan fingerprint density at radius 1 is 1.78 bits per heavy atom. The summed E-state index contributed by atoms with van der Waals surface area (Å²) in [5, 5.41) is 7.04. The number of thioether (sulfide) groups is 1. The summed E-state index contributed by atoms with van der Waals surface area (Å²) in [7, 11) is 1.68. The SMILES string of the molecule is CSC1N=NC(=O)N1C. The molecule has 5 heteroatoms. The van der Waals surface area contributed by atoms with E-state index in [-0.39, 0.29) is 11.5 Å². The van der Waals surface area contributed by atoms with Crippen molar-refractivity contribution in [3.63, 3.8) is 0 Å². The molecule has 1 rings (SSSR count). The van der Waals surface area contributed by atoms with Crippen LogP contribution in [0.1, 0.15) is 0 Å². The van der Waals surface area contributed by atoms with E-state index in [0.717, 1.165) is 0 Å². The van der Waals surface area contributed by atoms with Gasteiger partial charge in [0.2, 0.25) is 0 Å². The third-order valence-corrected chi connectivity index (χ3v) is 1.92. The average molecular weight is 145 g/mol. The maximum absolute atomic E-state index is 10.6. The molecule has 0 fully saturated rings. The van der Waals surface area contributed by atoms with E-state index in [1.54, 1.807) is 7.05 Å². The van der Waals surface area contributed by atoms with Crippen LogP contribution in [-0.4, -0.2) is 29.7 Å². The molecule has 0 saturated carbocycles. The van der Waals surface area contributed by atoms with Crippen molar-refractivity contribution in [3.05, 3.63) is 0 Å². The lowest BCUT2D eigenvalue weighted by atomic mass is 10.8. The molecule has 0 aliphatic carbocycles. The maximum atomic E-state index is 10.6. The Bertz CT molecular complexity index is 158. The molecule has 1 aliphatic rings. The van der Waals surface area contributed by atoms with Crippen LogP contribution in [0.15, 0.2) is 10.2 Å². The zero-order valence-electron chi connectivity index (χ0n) is 5.24. The predicted octanol–water partition coefficient (Wildman–Crippen LogP) is 1.15. The number of azo groups is 1. The van der Waals surface area contributed by atoms with Gasteiger partial charge in [0.15, 0.2) is 5.50 Å². The zero-order chi connectivity index (χ0) is 6.85. The largest absolute Gasteiger partial charge is 0.364 e. The fourth-order valence-corrected chi connectivity index (χ4v) is 1.09. The lowest BCUT2D eigenvalue weighted by Gasteiger charge is -2.11. The molecule has 50 valence electrons. The van der Waals surface area contributed by atoms with Gasteiger partial charge in [-0.25, -0.2) is 4.79 Å². The van der Waals surface area contributed by atoms with Gasteiger partial charge in [0.1, 0.15) is 0 Å². The lowest BCUT2D eigenvalue weighted by molar-refractivity contribution is 0.225. The summed E-state index contributed by atoms with van der Waals surface area (Å²) in [6.07, 6.45) is 1.89. The van der Waals surface area contributed by atoms with E-state index in [1.165, 1.54) is 16.7 Å². The van der Waals surface area contributed by atoms with E-state index < -0.39 is 0 Å². The molecule has 1 unspecified atom stereocenters. The molecule has 0 saturated heterocycles. The van der Waals surface area contributed by atoms with Crippen LogP contribution in [0.2, 0.25) is 0 Å². The molecule has 4 nitrogen and oxygen atoms in total. The minimum atomic E-state index is -0.255. The van der Waals surface area contributed by atoms with Gasteiger partial charge >= 0.3 is 6.03 Å². The fraction of sp³-hybridized carbons (Fsp3) is 0.750. The number of hydrogen-bond acceptors (Lipinski definition) is 3. The van der Waals surface area contributed by atoms with E-state index in [0.29, 0.717) is 0 Å². The highest BCUT2D eigenvalue weighted by Gasteiger charge is 2.23. The van der Waals surface area contributed by atoms with Crippen molar-refractivity contribution in [3.8, 4) is 0 Å². The summed E-state index contributed by atoms with van der Waals surface area (Å²) in [6, 6.07) is -0.255. The summed E-state index contributed by atoms with van der Waals surface area (Å²) in [5.74, 6) is 0. The highest BCUT2D eigenvalue weighted by molar-refractivity contribution is 7.99. The van der Waals surface area contributed by atoms with Gasteiger partial charge in [-0.15, -0.1) is 16.9 Å². The summed E-state index contributed by atoms with van der Waals surface area (Å²) in [4.78, 5) is 12.1. The minimum Gasteiger partial charge on any atom is -0.292 e. The number of nitrogens with zero attached hydrogens (tertiary/aromatic N) is 3. The molecular formula is C4H7N3OS. The molecule has 0 aromatic heterocycles. The van der Waals surface area contributed by atoms with Crippen LogP contribution >= 0.6 is 11.8 Å². The van der Waals surface area contributed by atoms with Gasteiger partial charge in [-0.1, -0.05) is 5.11 Å². The molecule has 9 heavy (non-hydrogen) atoms. The highest BCUT2D eigenvalue weighted by Crippen LogP contribution is 2.18. The number of amides is 2. The third kappa shape index (κ3) is 1.05. The lowest BCUT2D eigenvalue weighted by Crippen LogP contribution is -2.25. The second-order valence-electron chi connectivity index (χ2n) is 1.67. The highest BCUT2D eigenvalue weighted by atomic mass is 32.2. The molecule has 1 atom stereocenters. The van der Waals surface area contributed by atoms with E-state index in [2.05, 4.69) is 10.2 Å². The molecule has 0 spiro atoms. The van der Waals surface area contributed by atoms with Crippen LogP contribution in [0.3, 0.4) is 0 Å². The molecule has 1 aliphatic heterocycles. The second-order valence-corrected chi connectivity index (χ2v) is 2.56. The molecule has 0 aromatic rings. The van der Waals surface area contributed by atoms with Crippen LogP contribution in [-0.2, 0) is 0 Å². The van der Waals surface area contributed by atoms with Crippen molar-refractivity contribution in [2.45, 2.75) is 5.50 Å². The van der Waals surface area contributed by atoms with Gasteiger partial charge in [-0.2, -0.15) is 0 Å². The smallest absolute Gasteiger partial charge is 0.292 e. The number of carbonyl (C=O) groups is 1. The molecular weight excluding hydrogens is 138 g/mol. The van der Waals surface area contributed by atoms with Crippen molar-refractivity contribution < 1.29 is 4.79 Å².